The fraction of sp³-hybridized carbons (Fsp3) is 0.357. The van der Waals surface area contributed by atoms with Gasteiger partial charge in [-0.3, -0.25) is 9.69 Å². The Labute approximate surface area is 206 Å². The largest absolute Gasteiger partial charge is 0.357 e. The van der Waals surface area contributed by atoms with Crippen molar-refractivity contribution in [3.05, 3.63) is 77.5 Å². The van der Waals surface area contributed by atoms with Crippen molar-refractivity contribution in [1.82, 2.24) is 25.0 Å². The molecule has 0 radical (unpaired) electrons. The first-order valence-electron chi connectivity index (χ1n) is 12.5. The van der Waals surface area contributed by atoms with Gasteiger partial charge >= 0.3 is 6.03 Å². The average Bonchev–Trinajstić information content (AvgIpc) is 3.27. The number of H-pyrrole nitrogens is 1. The lowest BCUT2D eigenvalue weighted by molar-refractivity contribution is -0.132. The number of hydrogen-bond donors (Lipinski definition) is 2. The smallest absolute Gasteiger partial charge is 0.317 e. The average molecular weight is 472 g/mol. The van der Waals surface area contributed by atoms with E-state index in [2.05, 4.69) is 57.7 Å². The van der Waals surface area contributed by atoms with E-state index in [1.165, 1.54) is 16.5 Å². The first kappa shape index (κ1) is 23.2. The third-order valence-electron chi connectivity index (χ3n) is 6.98. The molecule has 1 aromatic heterocycles. The summed E-state index contributed by atoms with van der Waals surface area (Å²) in [5.41, 5.74) is 4.75. The molecule has 5 rings (SSSR count). The number of nitrogens with zero attached hydrogens (tertiary/aromatic N) is 3. The van der Waals surface area contributed by atoms with Crippen LogP contribution in [0.1, 0.15) is 23.2 Å². The summed E-state index contributed by atoms with van der Waals surface area (Å²) >= 11 is 0. The normalized spacial score (nSPS) is 16.6. The van der Waals surface area contributed by atoms with Crippen LogP contribution in [0.4, 0.5) is 4.79 Å². The zero-order valence-electron chi connectivity index (χ0n) is 20.1. The second-order valence-corrected chi connectivity index (χ2v) is 9.28. The first-order valence-corrected chi connectivity index (χ1v) is 12.5. The number of fused-ring (bicyclic) bond motifs is 3. The molecule has 182 valence electrons. The van der Waals surface area contributed by atoms with Crippen LogP contribution in [0.3, 0.4) is 0 Å². The Morgan fingerprint density at radius 3 is 2.51 bits per heavy atom. The van der Waals surface area contributed by atoms with E-state index in [-0.39, 0.29) is 11.9 Å². The lowest BCUT2D eigenvalue weighted by atomic mass is 10.0. The number of carbonyl (C=O) groups excluding carboxylic acids is 2. The minimum Gasteiger partial charge on any atom is -0.357 e. The minimum atomic E-state index is -0.0999. The molecule has 1 saturated heterocycles. The Balaban J connectivity index is 1.02. The van der Waals surface area contributed by atoms with Crippen LogP contribution in [0.5, 0.6) is 0 Å². The number of benzene rings is 2. The number of para-hydroxylation sites is 1. The highest BCUT2D eigenvalue weighted by Gasteiger charge is 2.24. The fourth-order valence-electron chi connectivity index (χ4n) is 4.99. The van der Waals surface area contributed by atoms with Crippen molar-refractivity contribution in [2.45, 2.75) is 19.4 Å². The number of amides is 3. The van der Waals surface area contributed by atoms with E-state index in [0.717, 1.165) is 50.4 Å². The minimum absolute atomic E-state index is 0.0999. The second kappa shape index (κ2) is 10.8. The van der Waals surface area contributed by atoms with Crippen LogP contribution in [0.25, 0.3) is 17.0 Å². The van der Waals surface area contributed by atoms with Gasteiger partial charge in [0.25, 0.3) is 0 Å². The van der Waals surface area contributed by atoms with Crippen molar-refractivity contribution in [3.63, 3.8) is 0 Å². The molecule has 2 N–H and O–H groups in total. The number of urea groups is 1. The number of rotatable bonds is 6. The van der Waals surface area contributed by atoms with Gasteiger partial charge in [-0.15, -0.1) is 0 Å². The Morgan fingerprint density at radius 2 is 1.69 bits per heavy atom. The molecule has 0 aliphatic carbocycles. The third kappa shape index (κ3) is 5.57. The molecule has 3 amide bonds. The van der Waals surface area contributed by atoms with Gasteiger partial charge in [0, 0.05) is 68.8 Å². The van der Waals surface area contributed by atoms with E-state index in [4.69, 9.17) is 0 Å². The molecule has 2 aliphatic heterocycles. The van der Waals surface area contributed by atoms with Crippen LogP contribution in [0, 0.1) is 0 Å². The molecule has 0 saturated carbocycles. The molecular formula is C28H33N5O2. The fourth-order valence-corrected chi connectivity index (χ4v) is 4.99. The van der Waals surface area contributed by atoms with Crippen molar-refractivity contribution in [1.29, 1.82) is 0 Å². The van der Waals surface area contributed by atoms with Crippen molar-refractivity contribution < 1.29 is 9.59 Å². The summed E-state index contributed by atoms with van der Waals surface area (Å²) in [6.07, 6.45) is 5.50. The number of carbonyl (C=O) groups is 2. The number of piperazine rings is 1. The standard InChI is InChI=1S/C28H33N5O2/c34-27(32-19-17-31(18-20-32)15-6-9-22-7-2-1-3-8-22)12-14-29-28(35)33-16-13-24-23-10-4-5-11-25(23)30-26(24)21-33/h1-11,30H,12-21H2,(H,29,35)/b9-6+. The van der Waals surface area contributed by atoms with E-state index in [9.17, 15) is 9.59 Å². The van der Waals surface area contributed by atoms with Gasteiger partial charge < -0.3 is 20.1 Å². The van der Waals surface area contributed by atoms with Gasteiger partial charge in [0.2, 0.25) is 5.91 Å². The van der Waals surface area contributed by atoms with E-state index in [1.54, 1.807) is 0 Å². The van der Waals surface area contributed by atoms with Gasteiger partial charge in [-0.1, -0.05) is 60.7 Å². The van der Waals surface area contributed by atoms with Gasteiger partial charge in [0.15, 0.2) is 0 Å². The van der Waals surface area contributed by atoms with Crippen LogP contribution < -0.4 is 5.32 Å². The highest BCUT2D eigenvalue weighted by atomic mass is 16.2. The molecule has 0 bridgehead atoms. The van der Waals surface area contributed by atoms with Crippen LogP contribution >= 0.6 is 0 Å². The molecule has 7 heteroatoms. The van der Waals surface area contributed by atoms with Crippen molar-refractivity contribution in [3.8, 4) is 0 Å². The highest BCUT2D eigenvalue weighted by molar-refractivity contribution is 5.85. The van der Waals surface area contributed by atoms with E-state index < -0.39 is 0 Å². The molecule has 2 aliphatic rings. The van der Waals surface area contributed by atoms with Gasteiger partial charge in [0.1, 0.15) is 0 Å². The monoisotopic (exact) mass is 471 g/mol. The summed E-state index contributed by atoms with van der Waals surface area (Å²) in [5.74, 6) is 0.112. The topological polar surface area (TPSA) is 71.7 Å². The maximum Gasteiger partial charge on any atom is 0.317 e. The van der Waals surface area contributed by atoms with Gasteiger partial charge in [-0.2, -0.15) is 0 Å². The summed E-state index contributed by atoms with van der Waals surface area (Å²) in [7, 11) is 0. The first-order chi connectivity index (χ1) is 17.2. The van der Waals surface area contributed by atoms with Gasteiger partial charge in [-0.25, -0.2) is 4.79 Å². The van der Waals surface area contributed by atoms with Crippen LogP contribution in [0.2, 0.25) is 0 Å². The maximum absolute atomic E-state index is 12.7. The molecule has 3 aromatic rings. The lowest BCUT2D eigenvalue weighted by Gasteiger charge is -2.34. The Morgan fingerprint density at radius 1 is 0.914 bits per heavy atom. The van der Waals surface area contributed by atoms with E-state index in [0.29, 0.717) is 26.1 Å². The molecular weight excluding hydrogens is 438 g/mol. The SMILES string of the molecule is O=C(CCNC(=O)N1CCc2c([nH]c3ccccc23)C1)N1CCN(C/C=C/c2ccccc2)CC1. The van der Waals surface area contributed by atoms with Gasteiger partial charge in [-0.05, 0) is 23.6 Å². The Kier molecular flexibility index (Phi) is 7.14. The number of aromatic amines is 1. The van der Waals surface area contributed by atoms with E-state index >= 15 is 0 Å². The van der Waals surface area contributed by atoms with Crippen LogP contribution in [-0.2, 0) is 17.8 Å². The van der Waals surface area contributed by atoms with Crippen LogP contribution in [0.15, 0.2) is 60.7 Å². The predicted octanol–water partition coefficient (Wildman–Crippen LogP) is 3.48. The van der Waals surface area contributed by atoms with Crippen molar-refractivity contribution in [2.75, 3.05) is 45.8 Å². The summed E-state index contributed by atoms with van der Waals surface area (Å²) in [5, 5.41) is 4.20. The number of aromatic nitrogens is 1. The number of nitrogens with one attached hydrogen (secondary N) is 2. The molecule has 1 fully saturated rings. The number of hydrogen-bond acceptors (Lipinski definition) is 3. The predicted molar refractivity (Wildman–Crippen MR) is 139 cm³/mol. The molecule has 2 aromatic carbocycles. The van der Waals surface area contributed by atoms with Crippen LogP contribution in [-0.4, -0.2) is 77.4 Å². The quantitative estimate of drug-likeness (QED) is 0.578. The molecule has 7 nitrogen and oxygen atoms in total. The Bertz CT molecular complexity index is 1190. The molecule has 0 atom stereocenters. The summed E-state index contributed by atoms with van der Waals surface area (Å²) < 4.78 is 0. The molecule has 3 heterocycles. The molecule has 0 spiro atoms. The van der Waals surface area contributed by atoms with E-state index in [1.807, 2.05) is 34.1 Å². The van der Waals surface area contributed by atoms with Crippen molar-refractivity contribution >= 4 is 28.9 Å². The highest BCUT2D eigenvalue weighted by Crippen LogP contribution is 2.27. The van der Waals surface area contributed by atoms with Crippen molar-refractivity contribution in [2.24, 2.45) is 0 Å². The van der Waals surface area contributed by atoms with Gasteiger partial charge in [0.05, 0.1) is 6.54 Å². The third-order valence-corrected chi connectivity index (χ3v) is 6.98. The summed E-state index contributed by atoms with van der Waals surface area (Å²) in [6.45, 7) is 5.74. The molecule has 0 unspecified atom stereocenters. The molecule has 35 heavy (non-hydrogen) atoms. The lowest BCUT2D eigenvalue weighted by Crippen LogP contribution is -2.49. The zero-order valence-corrected chi connectivity index (χ0v) is 20.1. The maximum atomic E-state index is 12.7. The second-order valence-electron chi connectivity index (χ2n) is 9.28. The summed E-state index contributed by atoms with van der Waals surface area (Å²) in [6, 6.07) is 18.5. The zero-order chi connectivity index (χ0) is 24.0. The summed E-state index contributed by atoms with van der Waals surface area (Å²) in [4.78, 5) is 34.9. The Hall–Kier alpha value is -3.58.